The molecule has 0 heterocycles. The van der Waals surface area contributed by atoms with Gasteiger partial charge < -0.3 is 9.90 Å². The molecule has 0 amide bonds. The van der Waals surface area contributed by atoms with E-state index in [0.717, 1.165) is 0 Å². The molecule has 0 aliphatic heterocycles. The number of rotatable bonds is 1. The first-order chi connectivity index (χ1) is 6.30. The fraction of sp³-hybridized carbons (Fsp3) is 0. The first-order valence-electron chi connectivity index (χ1n) is 3.92. The number of carboxylic acid groups (broad SMARTS) is 1. The van der Waals surface area contributed by atoms with Crippen LogP contribution in [0.2, 0.25) is 0 Å². The second-order valence-corrected chi connectivity index (χ2v) is 2.44. The van der Waals surface area contributed by atoms with Crippen LogP contribution in [-0.4, -0.2) is 11.1 Å². The zero-order valence-electron chi connectivity index (χ0n) is 7.41. The summed E-state index contributed by atoms with van der Waals surface area (Å²) in [6.45, 7) is 0. The molecule has 2 nitrogen and oxygen atoms in total. The zero-order chi connectivity index (χ0) is 9.52. The molecule has 0 saturated heterocycles. The summed E-state index contributed by atoms with van der Waals surface area (Å²) in [7, 11) is 0. The predicted molar refractivity (Wildman–Crippen MR) is 51.0 cm³/mol. The van der Waals surface area contributed by atoms with Gasteiger partial charge in [0.2, 0.25) is 5.97 Å². The first-order valence-corrected chi connectivity index (χ1v) is 3.92. The summed E-state index contributed by atoms with van der Waals surface area (Å²) < 4.78 is 0. The van der Waals surface area contributed by atoms with Crippen LogP contribution in [0, 0.1) is 0 Å². The van der Waals surface area contributed by atoms with Crippen molar-refractivity contribution >= 4 is 5.97 Å². The van der Waals surface area contributed by atoms with Crippen molar-refractivity contribution in [3.8, 4) is 0 Å². The van der Waals surface area contributed by atoms with Crippen LogP contribution < -0.4 is 0 Å². The van der Waals surface area contributed by atoms with E-state index in [9.17, 15) is 4.79 Å². The normalized spacial score (nSPS) is 8.00. The third-order valence-corrected chi connectivity index (χ3v) is 1.47. The molecule has 0 aliphatic rings. The van der Waals surface area contributed by atoms with Gasteiger partial charge in [0.15, 0.2) is 0 Å². The Kier molecular flexibility index (Phi) is 6.46. The molecule has 14 heavy (non-hydrogen) atoms. The average Bonchev–Trinajstić information content (AvgIpc) is 2.82. The summed E-state index contributed by atoms with van der Waals surface area (Å²) in [5.74, 6) is -0.866. The maximum Gasteiger partial charge on any atom is 2.00 e. The van der Waals surface area contributed by atoms with Crippen molar-refractivity contribution in [2.45, 2.75) is 0 Å². The molecule has 0 radical (unpaired) electrons. The quantitative estimate of drug-likeness (QED) is 0.603. The van der Waals surface area contributed by atoms with Crippen molar-refractivity contribution in [3.05, 3.63) is 60.2 Å². The Morgan fingerprint density at radius 2 is 1.79 bits per heavy atom. The average molecular weight is 230 g/mol. The SMILES string of the molecule is O=C(O)c1ccc[cH-]1.[Fe+2].c1cc[cH-]c1. The first kappa shape index (κ1) is 12.7. The Balaban J connectivity index is 0.000000246. The molecule has 0 fully saturated rings. The molecule has 3 heteroatoms. The van der Waals surface area contributed by atoms with E-state index in [0.29, 0.717) is 5.56 Å². The summed E-state index contributed by atoms with van der Waals surface area (Å²) in [5.41, 5.74) is 0.352. The minimum atomic E-state index is -0.866. The Morgan fingerprint density at radius 1 is 1.14 bits per heavy atom. The van der Waals surface area contributed by atoms with Crippen molar-refractivity contribution in [1.82, 2.24) is 0 Å². The van der Waals surface area contributed by atoms with E-state index >= 15 is 0 Å². The van der Waals surface area contributed by atoms with Crippen LogP contribution in [0.3, 0.4) is 0 Å². The fourth-order valence-corrected chi connectivity index (χ4v) is 0.837. The number of carbonyl (C=O) groups is 1. The summed E-state index contributed by atoms with van der Waals surface area (Å²) in [5, 5.41) is 8.27. The monoisotopic (exact) mass is 230 g/mol. The molecular weight excluding hydrogens is 220 g/mol. The van der Waals surface area contributed by atoms with Gasteiger partial charge in [-0.3, -0.25) is 0 Å². The van der Waals surface area contributed by atoms with Crippen LogP contribution >= 0.6 is 0 Å². The molecule has 74 valence electrons. The largest absolute Gasteiger partial charge is 2.00 e. The number of hydrogen-bond acceptors (Lipinski definition) is 1. The molecule has 1 N–H and O–H groups in total. The summed E-state index contributed by atoms with van der Waals surface area (Å²) in [4.78, 5) is 10.1. The predicted octanol–water partition coefficient (Wildman–Crippen LogP) is 2.51. The van der Waals surface area contributed by atoms with Crippen molar-refractivity contribution in [3.63, 3.8) is 0 Å². The summed E-state index contributed by atoms with van der Waals surface area (Å²) in [6, 6.07) is 16.5. The van der Waals surface area contributed by atoms with Gasteiger partial charge in [-0.25, -0.2) is 12.1 Å². The second kappa shape index (κ2) is 7.13. The molecular formula is C11H10FeO2. The topological polar surface area (TPSA) is 37.3 Å². The van der Waals surface area contributed by atoms with Crippen molar-refractivity contribution < 1.29 is 27.0 Å². The molecule has 0 spiro atoms. The van der Waals surface area contributed by atoms with Crippen molar-refractivity contribution in [1.29, 1.82) is 0 Å². The summed E-state index contributed by atoms with van der Waals surface area (Å²) >= 11 is 0. The van der Waals surface area contributed by atoms with Crippen LogP contribution in [0.1, 0.15) is 10.4 Å². The van der Waals surface area contributed by atoms with E-state index in [4.69, 9.17) is 5.11 Å². The zero-order valence-corrected chi connectivity index (χ0v) is 8.51. The molecule has 0 aromatic heterocycles. The molecule has 0 atom stereocenters. The summed E-state index contributed by atoms with van der Waals surface area (Å²) in [6.07, 6.45) is 0. The maximum absolute atomic E-state index is 10.1. The molecule has 0 aliphatic carbocycles. The van der Waals surface area contributed by atoms with Crippen LogP contribution in [0.25, 0.3) is 0 Å². The van der Waals surface area contributed by atoms with E-state index in [1.54, 1.807) is 24.3 Å². The van der Waals surface area contributed by atoms with Crippen LogP contribution in [0.4, 0.5) is 0 Å². The van der Waals surface area contributed by atoms with Crippen LogP contribution in [0.15, 0.2) is 54.6 Å². The molecule has 0 unspecified atom stereocenters. The van der Waals surface area contributed by atoms with Gasteiger partial charge in [-0.05, 0) is 0 Å². The van der Waals surface area contributed by atoms with Gasteiger partial charge >= 0.3 is 17.1 Å². The Morgan fingerprint density at radius 3 is 2.00 bits per heavy atom. The van der Waals surface area contributed by atoms with E-state index in [-0.39, 0.29) is 17.1 Å². The molecule has 2 rings (SSSR count). The number of carboxylic acids is 1. The van der Waals surface area contributed by atoms with Gasteiger partial charge in [-0.15, -0.1) is 6.07 Å². The van der Waals surface area contributed by atoms with Gasteiger partial charge in [-0.1, -0.05) is 5.56 Å². The van der Waals surface area contributed by atoms with E-state index in [1.165, 1.54) is 0 Å². The Hall–Kier alpha value is -1.31. The molecule has 2 aromatic carbocycles. The molecule has 2 aromatic rings. The van der Waals surface area contributed by atoms with Crippen molar-refractivity contribution in [2.75, 3.05) is 0 Å². The van der Waals surface area contributed by atoms with Crippen molar-refractivity contribution in [2.24, 2.45) is 0 Å². The molecule has 0 bridgehead atoms. The minimum absolute atomic E-state index is 0. The van der Waals surface area contributed by atoms with Gasteiger partial charge in [0.05, 0.1) is 0 Å². The third kappa shape index (κ3) is 4.65. The number of aromatic carboxylic acids is 1. The number of hydrogen-bond donors (Lipinski definition) is 1. The standard InChI is InChI=1S/C6H5O2.C5H5.Fe/c7-6(8)5-3-1-2-4-5;1-2-4-5-3-1;/h1-4H,(H,7,8);1-5H;/q2*-1;+2. The van der Waals surface area contributed by atoms with E-state index in [2.05, 4.69) is 0 Å². The Bertz CT molecular complexity index is 305. The van der Waals surface area contributed by atoms with Crippen LogP contribution in [-0.2, 0) is 17.1 Å². The maximum atomic E-state index is 10.1. The van der Waals surface area contributed by atoms with E-state index < -0.39 is 5.97 Å². The van der Waals surface area contributed by atoms with Gasteiger partial charge in [0.25, 0.3) is 0 Å². The molecule has 0 saturated carbocycles. The van der Waals surface area contributed by atoms with E-state index in [1.807, 2.05) is 30.3 Å². The van der Waals surface area contributed by atoms with Gasteiger partial charge in [0, 0.05) is 0 Å². The third-order valence-electron chi connectivity index (χ3n) is 1.47. The van der Waals surface area contributed by atoms with Crippen LogP contribution in [0.5, 0.6) is 0 Å². The Labute approximate surface area is 93.4 Å². The van der Waals surface area contributed by atoms with Gasteiger partial charge in [0.1, 0.15) is 0 Å². The minimum Gasteiger partial charge on any atom is -0.521 e. The van der Waals surface area contributed by atoms with Gasteiger partial charge in [-0.2, -0.15) is 36.4 Å². The smallest absolute Gasteiger partial charge is 0.521 e. The fourth-order valence-electron chi connectivity index (χ4n) is 0.837. The second-order valence-electron chi connectivity index (χ2n) is 2.44.